The third kappa shape index (κ3) is 2.70. The minimum atomic E-state index is 0.131. The second-order valence-electron chi connectivity index (χ2n) is 3.45. The second-order valence-corrected chi connectivity index (χ2v) is 3.78. The molecule has 3 N–H and O–H groups in total. The first-order valence-corrected chi connectivity index (χ1v) is 5.03. The van der Waals surface area contributed by atoms with E-state index in [2.05, 4.69) is 20.3 Å². The van der Waals surface area contributed by atoms with E-state index in [9.17, 15) is 0 Å². The normalized spacial score (nSPS) is 15.5. The number of nitrogens with zero attached hydrogens (tertiary/aromatic N) is 3. The SMILES string of the molecule is Nc1nc(Cl)nc(NCCC2CC2)n1. The van der Waals surface area contributed by atoms with Crippen LogP contribution in [0.25, 0.3) is 0 Å². The average Bonchev–Trinajstić information content (AvgIpc) is 2.86. The first kappa shape index (κ1) is 9.45. The van der Waals surface area contributed by atoms with Crippen LogP contribution in [0.5, 0.6) is 0 Å². The lowest BCUT2D eigenvalue weighted by Crippen LogP contribution is -2.08. The van der Waals surface area contributed by atoms with Crippen LogP contribution < -0.4 is 11.1 Å². The summed E-state index contributed by atoms with van der Waals surface area (Å²) in [5, 5.41) is 3.20. The number of nitrogens with one attached hydrogen (secondary N) is 1. The van der Waals surface area contributed by atoms with E-state index < -0.39 is 0 Å². The van der Waals surface area contributed by atoms with Crippen molar-refractivity contribution >= 4 is 23.5 Å². The topological polar surface area (TPSA) is 76.7 Å². The molecule has 0 radical (unpaired) electrons. The molecule has 1 aromatic rings. The first-order valence-electron chi connectivity index (χ1n) is 4.65. The van der Waals surface area contributed by atoms with E-state index in [1.165, 1.54) is 12.8 Å². The van der Waals surface area contributed by atoms with E-state index in [4.69, 9.17) is 17.3 Å². The molecule has 1 aromatic heterocycles. The highest BCUT2D eigenvalue weighted by Crippen LogP contribution is 2.31. The highest BCUT2D eigenvalue weighted by molar-refractivity contribution is 6.28. The maximum Gasteiger partial charge on any atom is 0.228 e. The third-order valence-corrected chi connectivity index (χ3v) is 2.33. The molecule has 0 saturated heterocycles. The van der Waals surface area contributed by atoms with E-state index in [1.54, 1.807) is 0 Å². The van der Waals surface area contributed by atoms with Crippen LogP contribution in [0.1, 0.15) is 19.3 Å². The van der Waals surface area contributed by atoms with Gasteiger partial charge < -0.3 is 11.1 Å². The molecule has 5 nitrogen and oxygen atoms in total. The zero-order valence-electron chi connectivity index (χ0n) is 7.70. The molecule has 0 spiro atoms. The van der Waals surface area contributed by atoms with Crippen molar-refractivity contribution in [3.05, 3.63) is 5.28 Å². The molecule has 0 bridgehead atoms. The van der Waals surface area contributed by atoms with Crippen molar-refractivity contribution in [1.82, 2.24) is 15.0 Å². The van der Waals surface area contributed by atoms with Crippen LogP contribution in [0.2, 0.25) is 5.28 Å². The van der Waals surface area contributed by atoms with E-state index >= 15 is 0 Å². The molecule has 6 heteroatoms. The third-order valence-electron chi connectivity index (χ3n) is 2.16. The van der Waals surface area contributed by atoms with Gasteiger partial charge in [0.2, 0.25) is 17.2 Å². The minimum absolute atomic E-state index is 0.131. The maximum atomic E-state index is 5.62. The van der Waals surface area contributed by atoms with Gasteiger partial charge in [-0.2, -0.15) is 15.0 Å². The monoisotopic (exact) mass is 213 g/mol. The molecule has 1 heterocycles. The lowest BCUT2D eigenvalue weighted by molar-refractivity contribution is 0.755. The predicted molar refractivity (Wildman–Crippen MR) is 55.1 cm³/mol. The fraction of sp³-hybridized carbons (Fsp3) is 0.625. The molecule has 1 fully saturated rings. The van der Waals surface area contributed by atoms with Crippen molar-refractivity contribution in [2.75, 3.05) is 17.6 Å². The number of rotatable bonds is 4. The fourth-order valence-electron chi connectivity index (χ4n) is 1.24. The Morgan fingerprint density at radius 2 is 2.14 bits per heavy atom. The molecular weight excluding hydrogens is 202 g/mol. The van der Waals surface area contributed by atoms with Gasteiger partial charge >= 0.3 is 0 Å². The molecule has 0 amide bonds. The van der Waals surface area contributed by atoms with Gasteiger partial charge in [0.15, 0.2) is 0 Å². The standard InChI is InChI=1S/C8H12ClN5/c9-6-12-7(10)14-8(13-6)11-4-3-5-1-2-5/h5H,1-4H2,(H3,10,11,12,13,14). The summed E-state index contributed by atoms with van der Waals surface area (Å²) in [6.07, 6.45) is 3.85. The zero-order valence-corrected chi connectivity index (χ0v) is 8.46. The highest BCUT2D eigenvalue weighted by Gasteiger charge is 2.20. The van der Waals surface area contributed by atoms with Crippen molar-refractivity contribution < 1.29 is 0 Å². The molecule has 0 atom stereocenters. The highest BCUT2D eigenvalue weighted by atomic mass is 35.5. The average molecular weight is 214 g/mol. The maximum absolute atomic E-state index is 5.62. The molecule has 0 unspecified atom stereocenters. The number of halogens is 1. The lowest BCUT2D eigenvalue weighted by Gasteiger charge is -2.03. The zero-order chi connectivity index (χ0) is 9.97. The van der Waals surface area contributed by atoms with Crippen LogP contribution in [0.4, 0.5) is 11.9 Å². The van der Waals surface area contributed by atoms with Crippen LogP contribution in [-0.2, 0) is 0 Å². The summed E-state index contributed by atoms with van der Waals surface area (Å²) >= 11 is 5.62. The smallest absolute Gasteiger partial charge is 0.228 e. The van der Waals surface area contributed by atoms with Crippen molar-refractivity contribution in [3.8, 4) is 0 Å². The van der Waals surface area contributed by atoms with Gasteiger partial charge in [0.25, 0.3) is 0 Å². The summed E-state index contributed by atoms with van der Waals surface area (Å²) in [4.78, 5) is 11.5. The molecule has 14 heavy (non-hydrogen) atoms. The van der Waals surface area contributed by atoms with Gasteiger partial charge in [0, 0.05) is 6.54 Å². The molecule has 0 aliphatic heterocycles. The number of nitrogen functional groups attached to an aromatic ring is 1. The molecule has 1 aliphatic carbocycles. The predicted octanol–water partition coefficient (Wildman–Crippen LogP) is 1.32. The van der Waals surface area contributed by atoms with Gasteiger partial charge in [0.1, 0.15) is 0 Å². The van der Waals surface area contributed by atoms with Crippen LogP contribution in [-0.4, -0.2) is 21.5 Å². The Morgan fingerprint density at radius 1 is 1.36 bits per heavy atom. The van der Waals surface area contributed by atoms with Crippen molar-refractivity contribution in [1.29, 1.82) is 0 Å². The lowest BCUT2D eigenvalue weighted by atomic mass is 10.3. The Morgan fingerprint density at radius 3 is 2.79 bits per heavy atom. The van der Waals surface area contributed by atoms with Gasteiger partial charge in [-0.3, -0.25) is 0 Å². The summed E-state index contributed by atoms with van der Waals surface area (Å²) in [6, 6.07) is 0. The minimum Gasteiger partial charge on any atom is -0.368 e. The van der Waals surface area contributed by atoms with Gasteiger partial charge in [-0.15, -0.1) is 0 Å². The summed E-state index contributed by atoms with van der Waals surface area (Å²) in [5.41, 5.74) is 5.42. The van der Waals surface area contributed by atoms with Gasteiger partial charge in [-0.25, -0.2) is 0 Å². The van der Waals surface area contributed by atoms with E-state index in [0.717, 1.165) is 18.9 Å². The number of hydrogen-bond donors (Lipinski definition) is 2. The summed E-state index contributed by atoms with van der Waals surface area (Å²) in [6.45, 7) is 0.866. The molecule has 1 aliphatic rings. The van der Waals surface area contributed by atoms with Crippen LogP contribution in [0.3, 0.4) is 0 Å². The van der Waals surface area contributed by atoms with Crippen molar-refractivity contribution in [3.63, 3.8) is 0 Å². The number of nitrogens with two attached hydrogens (primary N) is 1. The molecule has 76 valence electrons. The van der Waals surface area contributed by atoms with E-state index in [0.29, 0.717) is 5.95 Å². The van der Waals surface area contributed by atoms with Gasteiger partial charge in [-0.05, 0) is 23.9 Å². The Labute approximate surface area is 87.1 Å². The number of anilines is 2. The van der Waals surface area contributed by atoms with Gasteiger partial charge in [0.05, 0.1) is 0 Å². The van der Waals surface area contributed by atoms with Gasteiger partial charge in [-0.1, -0.05) is 12.8 Å². The molecule has 2 rings (SSSR count). The Hall–Kier alpha value is -1.10. The number of aromatic nitrogens is 3. The summed E-state index contributed by atoms with van der Waals surface area (Å²) in [5.74, 6) is 1.50. The molecule has 1 saturated carbocycles. The van der Waals surface area contributed by atoms with E-state index in [1.807, 2.05) is 0 Å². The fourth-order valence-corrected chi connectivity index (χ4v) is 1.41. The Bertz CT molecular complexity index is 305. The second kappa shape index (κ2) is 3.96. The summed E-state index contributed by atoms with van der Waals surface area (Å²) in [7, 11) is 0. The number of hydrogen-bond acceptors (Lipinski definition) is 5. The Balaban J connectivity index is 1.87. The first-order chi connectivity index (χ1) is 6.74. The molecule has 0 aromatic carbocycles. The molecular formula is C8H12ClN5. The van der Waals surface area contributed by atoms with Crippen LogP contribution in [0.15, 0.2) is 0 Å². The van der Waals surface area contributed by atoms with Crippen LogP contribution >= 0.6 is 11.6 Å². The quantitative estimate of drug-likeness (QED) is 0.789. The van der Waals surface area contributed by atoms with E-state index in [-0.39, 0.29) is 11.2 Å². The van der Waals surface area contributed by atoms with Crippen molar-refractivity contribution in [2.45, 2.75) is 19.3 Å². The van der Waals surface area contributed by atoms with Crippen LogP contribution in [0, 0.1) is 5.92 Å². The van der Waals surface area contributed by atoms with Crippen molar-refractivity contribution in [2.24, 2.45) is 5.92 Å². The largest absolute Gasteiger partial charge is 0.368 e. The Kier molecular flexibility index (Phi) is 2.67. The summed E-state index contributed by atoms with van der Waals surface area (Å²) < 4.78 is 0.